The number of aliphatic hydroxyl groups excluding tert-OH is 1. The minimum Gasteiger partial charge on any atom is -0.390 e. The Morgan fingerprint density at radius 2 is 1.45 bits per heavy atom. The van der Waals surface area contributed by atoms with Gasteiger partial charge >= 0.3 is 0 Å². The molecular formula is C15H14Cl4O3. The molecule has 1 fully saturated rings. The minimum absolute atomic E-state index is 0.0502. The van der Waals surface area contributed by atoms with Crippen LogP contribution in [0.4, 0.5) is 0 Å². The fourth-order valence-corrected chi connectivity index (χ4v) is 5.82. The number of methoxy groups -OCH3 is 2. The Bertz CT molecular complexity index is 631. The Hall–Kier alpha value is -0.000000000000000187. The number of hydrogen-bond acceptors (Lipinski definition) is 3. The molecule has 3 rings (SSSR count). The van der Waals surface area contributed by atoms with Gasteiger partial charge in [-0.1, -0.05) is 53.5 Å². The molecule has 0 spiro atoms. The first kappa shape index (κ1) is 16.8. The Morgan fingerprint density at radius 3 is 1.91 bits per heavy atom. The third-order valence-corrected chi connectivity index (χ3v) is 7.27. The van der Waals surface area contributed by atoms with E-state index >= 15 is 0 Å². The normalized spacial score (nSPS) is 39.6. The molecule has 2 aliphatic rings. The van der Waals surface area contributed by atoms with Gasteiger partial charge in [-0.25, -0.2) is 0 Å². The molecule has 4 atom stereocenters. The Balaban J connectivity index is 2.31. The van der Waals surface area contributed by atoms with E-state index < -0.39 is 27.6 Å². The van der Waals surface area contributed by atoms with Crippen molar-refractivity contribution in [3.8, 4) is 0 Å². The number of aliphatic hydroxyl groups is 1. The molecule has 0 aromatic heterocycles. The molecule has 7 heteroatoms. The molecule has 0 heterocycles. The number of hydrogen-bond donors (Lipinski definition) is 1. The van der Waals surface area contributed by atoms with Crippen LogP contribution in [-0.4, -0.2) is 41.0 Å². The van der Waals surface area contributed by atoms with Gasteiger partial charge in [-0.15, -0.1) is 23.2 Å². The zero-order valence-corrected chi connectivity index (χ0v) is 14.8. The van der Waals surface area contributed by atoms with Crippen molar-refractivity contribution in [2.45, 2.75) is 27.6 Å². The van der Waals surface area contributed by atoms with Crippen molar-refractivity contribution >= 4 is 46.4 Å². The Kier molecular flexibility index (Phi) is 4.02. The first-order valence-corrected chi connectivity index (χ1v) is 8.11. The van der Waals surface area contributed by atoms with Gasteiger partial charge < -0.3 is 14.6 Å². The van der Waals surface area contributed by atoms with Crippen LogP contribution in [0.15, 0.2) is 40.4 Å². The number of ether oxygens (including phenoxy) is 2. The van der Waals surface area contributed by atoms with E-state index in [1.165, 1.54) is 14.2 Å². The summed E-state index contributed by atoms with van der Waals surface area (Å²) in [5.41, 5.74) is 0.772. The topological polar surface area (TPSA) is 38.7 Å². The summed E-state index contributed by atoms with van der Waals surface area (Å²) in [6.45, 7) is 0. The molecule has 0 saturated heterocycles. The number of halogens is 4. The zero-order chi connectivity index (χ0) is 16.3. The minimum atomic E-state index is -1.59. The molecule has 2 bridgehead atoms. The van der Waals surface area contributed by atoms with Gasteiger partial charge in [0.25, 0.3) is 0 Å². The van der Waals surface area contributed by atoms with E-state index in [4.69, 9.17) is 55.9 Å². The van der Waals surface area contributed by atoms with E-state index in [0.717, 1.165) is 5.56 Å². The highest BCUT2D eigenvalue weighted by atomic mass is 35.5. The fraction of sp³-hybridized carbons (Fsp3) is 0.467. The largest absolute Gasteiger partial charge is 0.390 e. The predicted molar refractivity (Wildman–Crippen MR) is 87.8 cm³/mol. The lowest BCUT2D eigenvalue weighted by molar-refractivity contribution is -0.221. The smallest absolute Gasteiger partial charge is 0.220 e. The average Bonchev–Trinajstić information content (AvgIpc) is 2.77. The summed E-state index contributed by atoms with van der Waals surface area (Å²) in [6, 6.07) is 9.23. The molecule has 1 saturated carbocycles. The van der Waals surface area contributed by atoms with Crippen molar-refractivity contribution in [3.05, 3.63) is 46.0 Å². The van der Waals surface area contributed by atoms with Crippen molar-refractivity contribution in [1.29, 1.82) is 0 Å². The van der Waals surface area contributed by atoms with Crippen LogP contribution in [0.5, 0.6) is 0 Å². The van der Waals surface area contributed by atoms with Crippen LogP contribution in [0.1, 0.15) is 11.5 Å². The third kappa shape index (κ3) is 1.56. The van der Waals surface area contributed by atoms with E-state index in [1.807, 2.05) is 30.3 Å². The highest BCUT2D eigenvalue weighted by Gasteiger charge is 2.85. The van der Waals surface area contributed by atoms with Crippen molar-refractivity contribution in [1.82, 2.24) is 0 Å². The highest BCUT2D eigenvalue weighted by molar-refractivity contribution is 6.52. The lowest BCUT2D eigenvalue weighted by atomic mass is 9.83. The maximum Gasteiger partial charge on any atom is 0.220 e. The molecule has 120 valence electrons. The molecule has 2 aliphatic carbocycles. The van der Waals surface area contributed by atoms with Gasteiger partial charge in [0, 0.05) is 20.1 Å². The molecule has 0 aliphatic heterocycles. The second-order valence-corrected chi connectivity index (χ2v) is 7.36. The lowest BCUT2D eigenvalue weighted by Gasteiger charge is -2.40. The summed E-state index contributed by atoms with van der Waals surface area (Å²) in [5.74, 6) is -2.22. The van der Waals surface area contributed by atoms with Gasteiger partial charge in [0.05, 0.1) is 16.2 Å². The van der Waals surface area contributed by atoms with E-state index in [0.29, 0.717) is 0 Å². The monoisotopic (exact) mass is 382 g/mol. The van der Waals surface area contributed by atoms with Gasteiger partial charge in [0.1, 0.15) is 4.87 Å². The van der Waals surface area contributed by atoms with E-state index in [-0.39, 0.29) is 10.1 Å². The van der Waals surface area contributed by atoms with Crippen LogP contribution in [0, 0.1) is 0 Å². The second kappa shape index (κ2) is 5.25. The van der Waals surface area contributed by atoms with Crippen LogP contribution < -0.4 is 0 Å². The predicted octanol–water partition coefficient (Wildman–Crippen LogP) is 3.79. The molecule has 22 heavy (non-hydrogen) atoms. The molecule has 0 unspecified atom stereocenters. The molecule has 0 radical (unpaired) electrons. The van der Waals surface area contributed by atoms with Crippen LogP contribution >= 0.6 is 46.4 Å². The van der Waals surface area contributed by atoms with Crippen LogP contribution in [0.2, 0.25) is 0 Å². The van der Waals surface area contributed by atoms with E-state index in [1.54, 1.807) is 0 Å². The molecule has 1 aromatic rings. The quantitative estimate of drug-likeness (QED) is 0.637. The van der Waals surface area contributed by atoms with Gasteiger partial charge in [0.15, 0.2) is 4.87 Å². The Labute approximate surface area is 148 Å². The van der Waals surface area contributed by atoms with Crippen molar-refractivity contribution in [2.24, 2.45) is 0 Å². The molecule has 3 nitrogen and oxygen atoms in total. The number of benzene rings is 1. The summed E-state index contributed by atoms with van der Waals surface area (Å²) in [6.07, 6.45) is -1.14. The summed E-state index contributed by atoms with van der Waals surface area (Å²) >= 11 is 26.3. The van der Waals surface area contributed by atoms with Gasteiger partial charge in [0.2, 0.25) is 5.79 Å². The van der Waals surface area contributed by atoms with Gasteiger partial charge in [-0.3, -0.25) is 0 Å². The maximum atomic E-state index is 10.9. The third-order valence-electron chi connectivity index (χ3n) is 4.67. The molecular weight excluding hydrogens is 370 g/mol. The summed E-state index contributed by atoms with van der Waals surface area (Å²) in [7, 11) is 2.80. The van der Waals surface area contributed by atoms with E-state index in [9.17, 15) is 5.11 Å². The van der Waals surface area contributed by atoms with Crippen molar-refractivity contribution < 1.29 is 14.6 Å². The first-order chi connectivity index (χ1) is 10.3. The number of fused-ring (bicyclic) bond motifs is 2. The van der Waals surface area contributed by atoms with E-state index in [2.05, 4.69) is 0 Å². The standard InChI is InChI=1S/C15H14Cl4O3/c1-21-15(22-2)13(18)9(8-6-4-3-5-7-8)12(20)14(15,19)11(17)10(13)16/h3-7,9,12,20H,1-2H3/t9-,12+,13-,14-/m1/s1. The summed E-state index contributed by atoms with van der Waals surface area (Å²) in [4.78, 5) is -3.02. The SMILES string of the molecule is COC1(OC)[C@@]2(Cl)C(Cl)=C(Cl)[C@]1(Cl)[C@H](c1ccccc1)[C@@H]2O. The van der Waals surface area contributed by atoms with Crippen molar-refractivity contribution in [2.75, 3.05) is 14.2 Å². The van der Waals surface area contributed by atoms with Gasteiger partial charge in [-0.05, 0) is 5.56 Å². The fourth-order valence-electron chi connectivity index (χ4n) is 3.74. The highest BCUT2D eigenvalue weighted by Crippen LogP contribution is 2.73. The Morgan fingerprint density at radius 1 is 0.955 bits per heavy atom. The summed E-state index contributed by atoms with van der Waals surface area (Å²) in [5, 5.41) is 11.1. The van der Waals surface area contributed by atoms with Crippen LogP contribution in [0.25, 0.3) is 0 Å². The number of alkyl halides is 2. The first-order valence-electron chi connectivity index (χ1n) is 6.60. The second-order valence-electron chi connectivity index (χ2n) is 5.41. The average molecular weight is 384 g/mol. The summed E-state index contributed by atoms with van der Waals surface area (Å²) < 4.78 is 11.1. The number of rotatable bonds is 3. The molecule has 0 amide bonds. The molecule has 1 N–H and O–H groups in total. The van der Waals surface area contributed by atoms with Crippen molar-refractivity contribution in [3.63, 3.8) is 0 Å². The molecule has 1 aromatic carbocycles. The van der Waals surface area contributed by atoms with Gasteiger partial charge in [-0.2, -0.15) is 0 Å². The lowest BCUT2D eigenvalue weighted by Crippen LogP contribution is -2.57. The zero-order valence-electron chi connectivity index (χ0n) is 11.8. The van der Waals surface area contributed by atoms with Crippen LogP contribution in [0.3, 0.4) is 0 Å². The maximum absolute atomic E-state index is 10.9. The van der Waals surface area contributed by atoms with Crippen LogP contribution in [-0.2, 0) is 9.47 Å².